The largest absolute Gasteiger partial charge is 0.469 e. The van der Waals surface area contributed by atoms with E-state index in [4.69, 9.17) is 10.5 Å². The molecule has 0 saturated carbocycles. The molecule has 0 aliphatic heterocycles. The summed E-state index contributed by atoms with van der Waals surface area (Å²) in [4.78, 5) is 112. The van der Waals surface area contributed by atoms with Crippen LogP contribution in [-0.4, -0.2) is 117 Å². The van der Waals surface area contributed by atoms with Crippen molar-refractivity contribution in [3.8, 4) is 0 Å². The van der Waals surface area contributed by atoms with Crippen molar-refractivity contribution in [2.45, 2.75) is 161 Å². The molecule has 0 aliphatic carbocycles. The zero-order valence-electron chi connectivity index (χ0n) is 36.0. The molecule has 332 valence electrons. The summed E-state index contributed by atoms with van der Waals surface area (Å²) >= 11 is 0. The maximum Gasteiger partial charge on any atom is 0.307 e. The van der Waals surface area contributed by atoms with Crippen molar-refractivity contribution in [2.24, 2.45) is 17.6 Å². The molecule has 0 radical (unpaired) electrons. The van der Waals surface area contributed by atoms with Gasteiger partial charge in [0.1, 0.15) is 0 Å². The number of methoxy groups -OCH3 is 3. The van der Waals surface area contributed by atoms with Crippen LogP contribution in [0.1, 0.15) is 119 Å². The van der Waals surface area contributed by atoms with E-state index in [0.29, 0.717) is 0 Å². The molecule has 0 heterocycles. The van der Waals surface area contributed by atoms with Gasteiger partial charge >= 0.3 is 17.9 Å². The third-order valence-electron chi connectivity index (χ3n) is 9.07. The first kappa shape index (κ1) is 53.2. The number of hydrogen-bond acceptors (Lipinski definition) is 13. The Labute approximate surface area is 342 Å². The fraction of sp³-hybridized carbons (Fsp3) is 0.769. The number of hydrogen-bond donors (Lipinski definition) is 7. The average Bonchev–Trinajstić information content (AvgIpc) is 3.10. The van der Waals surface area contributed by atoms with E-state index in [0.717, 1.165) is 0 Å². The smallest absolute Gasteiger partial charge is 0.307 e. The molecule has 0 spiro atoms. The Morgan fingerprint density at radius 2 is 0.741 bits per heavy atom. The Morgan fingerprint density at radius 3 is 1.12 bits per heavy atom. The zero-order valence-corrected chi connectivity index (χ0v) is 36.0. The van der Waals surface area contributed by atoms with Crippen molar-refractivity contribution in [1.29, 1.82) is 0 Å². The topological polar surface area (TPSA) is 280 Å². The van der Waals surface area contributed by atoms with Crippen LogP contribution in [0, 0.1) is 11.8 Å². The van der Waals surface area contributed by atoms with Crippen molar-refractivity contribution in [2.75, 3.05) is 21.3 Å². The third-order valence-corrected chi connectivity index (χ3v) is 9.07. The molecule has 0 fully saturated rings. The van der Waals surface area contributed by atoms with Gasteiger partial charge < -0.3 is 51.8 Å². The molecule has 0 saturated heterocycles. The van der Waals surface area contributed by atoms with Gasteiger partial charge in [-0.25, -0.2) is 0 Å². The van der Waals surface area contributed by atoms with Gasteiger partial charge in [0.2, 0.25) is 35.4 Å². The number of carbonyl (C=O) groups is 9. The molecule has 0 bridgehead atoms. The third kappa shape index (κ3) is 25.4. The zero-order chi connectivity index (χ0) is 44.5. The monoisotopic (exact) mass is 828 g/mol. The minimum atomic E-state index is -0.749. The molecule has 58 heavy (non-hydrogen) atoms. The van der Waals surface area contributed by atoms with Crippen LogP contribution in [0.5, 0.6) is 0 Å². The van der Waals surface area contributed by atoms with Crippen molar-refractivity contribution < 1.29 is 57.4 Å². The first-order chi connectivity index (χ1) is 27.1. The van der Waals surface area contributed by atoms with Crippen LogP contribution in [0.2, 0.25) is 0 Å². The Morgan fingerprint density at radius 1 is 0.414 bits per heavy atom. The van der Waals surface area contributed by atoms with E-state index < -0.39 is 83.7 Å². The van der Waals surface area contributed by atoms with E-state index in [9.17, 15) is 43.2 Å². The minimum absolute atomic E-state index is 0.0175. The first-order valence-electron chi connectivity index (χ1n) is 19.8. The van der Waals surface area contributed by atoms with Crippen LogP contribution in [0.3, 0.4) is 0 Å². The molecule has 8 N–H and O–H groups in total. The Bertz CT molecular complexity index is 1370. The second-order valence-corrected chi connectivity index (χ2v) is 15.5. The summed E-state index contributed by atoms with van der Waals surface area (Å²) in [6.45, 7) is 12.3. The van der Waals surface area contributed by atoms with Gasteiger partial charge in [-0.1, -0.05) is 27.7 Å². The molecule has 7 atom stereocenters. The predicted octanol–water partition coefficient (Wildman–Crippen LogP) is 0.404. The molecular formula is C39H69N7O12. The summed E-state index contributed by atoms with van der Waals surface area (Å²) in [7, 11) is 3.68. The van der Waals surface area contributed by atoms with E-state index in [-0.39, 0.29) is 94.4 Å². The van der Waals surface area contributed by atoms with E-state index in [1.807, 2.05) is 27.7 Å². The fourth-order valence-electron chi connectivity index (χ4n) is 5.78. The number of nitrogens with two attached hydrogens (primary N) is 1. The van der Waals surface area contributed by atoms with Gasteiger partial charge in [0.05, 0.1) is 27.8 Å². The number of ether oxygens (including phenoxy) is 3. The number of carbonyl (C=O) groups excluding carboxylic acids is 9. The van der Waals surface area contributed by atoms with Crippen LogP contribution in [0.15, 0.2) is 0 Å². The van der Waals surface area contributed by atoms with Gasteiger partial charge in [-0.3, -0.25) is 43.2 Å². The quantitative estimate of drug-likeness (QED) is 0.0416. The maximum atomic E-state index is 13.3. The second kappa shape index (κ2) is 28.6. The van der Waals surface area contributed by atoms with E-state index in [1.165, 1.54) is 21.3 Å². The first-order valence-corrected chi connectivity index (χ1v) is 19.8. The van der Waals surface area contributed by atoms with E-state index in [2.05, 4.69) is 41.4 Å². The normalized spacial score (nSPS) is 14.6. The maximum absolute atomic E-state index is 13.3. The van der Waals surface area contributed by atoms with E-state index >= 15 is 0 Å². The Kier molecular flexibility index (Phi) is 26.2. The highest BCUT2D eigenvalue weighted by Gasteiger charge is 2.27. The summed E-state index contributed by atoms with van der Waals surface area (Å²) in [5.41, 5.74) is 5.73. The van der Waals surface area contributed by atoms with E-state index in [1.54, 1.807) is 20.8 Å². The van der Waals surface area contributed by atoms with Crippen molar-refractivity contribution in [1.82, 2.24) is 31.9 Å². The highest BCUT2D eigenvalue weighted by atomic mass is 16.5. The van der Waals surface area contributed by atoms with Crippen molar-refractivity contribution >= 4 is 53.4 Å². The summed E-state index contributed by atoms with van der Waals surface area (Å²) in [5.74, 6) is -4.30. The van der Waals surface area contributed by atoms with Crippen LogP contribution in [0.4, 0.5) is 0 Å². The highest BCUT2D eigenvalue weighted by molar-refractivity contribution is 5.84. The van der Waals surface area contributed by atoms with Gasteiger partial charge in [0.15, 0.2) is 0 Å². The van der Waals surface area contributed by atoms with Crippen molar-refractivity contribution in [3.05, 3.63) is 0 Å². The molecule has 19 nitrogen and oxygen atoms in total. The number of amides is 6. The lowest BCUT2D eigenvalue weighted by Crippen LogP contribution is -2.48. The molecule has 6 amide bonds. The molecule has 0 unspecified atom stereocenters. The summed E-state index contributed by atoms with van der Waals surface area (Å²) < 4.78 is 14.0. The number of esters is 3. The summed E-state index contributed by atoms with van der Waals surface area (Å²) in [6, 6.07) is -4.07. The van der Waals surface area contributed by atoms with Crippen LogP contribution >= 0.6 is 0 Å². The second-order valence-electron chi connectivity index (χ2n) is 15.5. The minimum Gasteiger partial charge on any atom is -0.469 e. The van der Waals surface area contributed by atoms with Gasteiger partial charge in [-0.15, -0.1) is 0 Å². The fourth-order valence-corrected chi connectivity index (χ4v) is 5.78. The Hall–Kier alpha value is -4.81. The highest BCUT2D eigenvalue weighted by Crippen LogP contribution is 2.12. The summed E-state index contributed by atoms with van der Waals surface area (Å²) in [6.07, 6.45) is -0.432. The van der Waals surface area contributed by atoms with Crippen molar-refractivity contribution in [3.63, 3.8) is 0 Å². The van der Waals surface area contributed by atoms with Crippen LogP contribution in [0.25, 0.3) is 0 Å². The lowest BCUT2D eigenvalue weighted by molar-refractivity contribution is -0.143. The molecule has 0 aromatic heterocycles. The molecule has 0 aliphatic rings. The number of nitrogens with one attached hydrogen (secondary N) is 6. The van der Waals surface area contributed by atoms with Crippen LogP contribution < -0.4 is 37.6 Å². The molecule has 19 heteroatoms. The lowest BCUT2D eigenvalue weighted by Gasteiger charge is -2.26. The van der Waals surface area contributed by atoms with Crippen LogP contribution in [-0.2, 0) is 57.4 Å². The molecule has 0 aromatic rings. The predicted molar refractivity (Wildman–Crippen MR) is 213 cm³/mol. The number of rotatable bonds is 28. The standard InChI is InChI=1S/C39H69N7O12/c1-22(2)29(46-34(50)18-27(11-13-37(53)56-8)43-36(52)21-30(23(3)4)45-31(47)15-24(5)40)20-35(51)42-25(6)16-32(48)41-26(7)17-33(49)44-28(19-39(55)58-10)12-14-38(54)57-9/h22-30H,11-21,40H2,1-10H3,(H,41,48)(H,42,51)(H,43,52)(H,44,49)(H,45,47)(H,46,50)/t24-,25-,26-,27-,28-,29-,30-/m0/s1. The molecule has 0 rings (SSSR count). The molecule has 0 aromatic carbocycles. The van der Waals surface area contributed by atoms with Gasteiger partial charge in [-0.05, 0) is 45.4 Å². The average molecular weight is 828 g/mol. The SMILES string of the molecule is COC(=O)CC[C@@H](CC(=O)N[C@@H](CC(=O)N[C@@H](C)CC(=O)N[C@@H](C)CC(=O)N[C@@H](CCC(=O)OC)CC(=O)OC)C(C)C)NC(=O)C[C@H](NC(=O)C[C@H](C)N)C(C)C. The van der Waals surface area contributed by atoms with Gasteiger partial charge in [-0.2, -0.15) is 0 Å². The Balaban J connectivity index is 5.26. The lowest BCUT2D eigenvalue weighted by atomic mass is 9.98. The molecular weight excluding hydrogens is 758 g/mol. The van der Waals surface area contributed by atoms with Gasteiger partial charge in [0.25, 0.3) is 0 Å². The van der Waals surface area contributed by atoms with Gasteiger partial charge in [0, 0.05) is 93.7 Å². The summed E-state index contributed by atoms with van der Waals surface area (Å²) in [5, 5.41) is 16.7.